The number of hydrogen-bond acceptors (Lipinski definition) is 6. The molecule has 2 heterocycles. The minimum absolute atomic E-state index is 0.0576. The van der Waals surface area contributed by atoms with Crippen LogP contribution in [0.1, 0.15) is 31.8 Å². The molecule has 0 saturated heterocycles. The van der Waals surface area contributed by atoms with Crippen molar-refractivity contribution in [2.75, 3.05) is 13.3 Å². The Morgan fingerprint density at radius 3 is 2.58 bits per heavy atom. The molecule has 1 atom stereocenters. The second-order valence-electron chi connectivity index (χ2n) is 7.02. The fourth-order valence-electron chi connectivity index (χ4n) is 2.51. The number of hydrogen-bond donors (Lipinski definition) is 1. The third kappa shape index (κ3) is 3.55. The largest absolute Gasteiger partial charge is 0.468 e. The van der Waals surface area contributed by atoms with Gasteiger partial charge in [-0.25, -0.2) is 8.42 Å². The number of rotatable bonds is 5. The van der Waals surface area contributed by atoms with Crippen LogP contribution in [0.2, 0.25) is 0 Å². The third-order valence-electron chi connectivity index (χ3n) is 4.04. The Morgan fingerprint density at radius 2 is 1.92 bits per heavy atom. The van der Waals surface area contributed by atoms with Crippen LogP contribution < -0.4 is 14.8 Å². The molecule has 1 aliphatic rings. The maximum atomic E-state index is 13.2. The van der Waals surface area contributed by atoms with Crippen molar-refractivity contribution >= 4 is 15.7 Å². The van der Waals surface area contributed by atoms with Gasteiger partial charge in [-0.3, -0.25) is 4.79 Å². The summed E-state index contributed by atoms with van der Waals surface area (Å²) in [6, 6.07) is 7.65. The maximum Gasteiger partial charge on any atom is 0.231 e. The lowest BCUT2D eigenvalue weighted by Gasteiger charge is -2.21. The van der Waals surface area contributed by atoms with Crippen molar-refractivity contribution in [3.63, 3.8) is 0 Å². The number of carbonyl (C=O) groups is 1. The highest BCUT2D eigenvalue weighted by Crippen LogP contribution is 2.37. The topological polar surface area (TPSA) is 94.8 Å². The van der Waals surface area contributed by atoms with E-state index in [-0.39, 0.29) is 29.9 Å². The summed E-state index contributed by atoms with van der Waals surface area (Å²) in [5, 5.41) is 1.65. The van der Waals surface area contributed by atoms with Crippen molar-refractivity contribution in [1.82, 2.24) is 5.32 Å². The molecule has 1 aromatic heterocycles. The van der Waals surface area contributed by atoms with Gasteiger partial charge in [0.1, 0.15) is 11.0 Å². The molecule has 140 valence electrons. The van der Waals surface area contributed by atoms with Crippen molar-refractivity contribution in [3.8, 4) is 11.5 Å². The van der Waals surface area contributed by atoms with Gasteiger partial charge in [0.05, 0.1) is 11.2 Å². The minimum atomic E-state index is -3.83. The Bertz CT molecular complexity index is 896. The van der Waals surface area contributed by atoms with Crippen LogP contribution in [0.15, 0.2) is 45.9 Å². The molecule has 0 radical (unpaired) electrons. The highest BCUT2D eigenvalue weighted by atomic mass is 32.2. The molecule has 8 heteroatoms. The summed E-state index contributed by atoms with van der Waals surface area (Å²) in [6.07, 6.45) is 1.41. The molecule has 0 unspecified atom stereocenters. The van der Waals surface area contributed by atoms with Gasteiger partial charge in [-0.2, -0.15) is 0 Å². The van der Waals surface area contributed by atoms with Gasteiger partial charge in [-0.05, 0) is 24.3 Å². The van der Waals surface area contributed by atoms with Crippen LogP contribution in [-0.2, 0) is 14.6 Å². The van der Waals surface area contributed by atoms with E-state index >= 15 is 0 Å². The predicted octanol–water partition coefficient (Wildman–Crippen LogP) is 2.69. The molecular weight excluding hydrogens is 358 g/mol. The third-order valence-corrected chi connectivity index (χ3v) is 6.10. The molecule has 1 aliphatic heterocycles. The van der Waals surface area contributed by atoms with Crippen molar-refractivity contribution < 1.29 is 27.1 Å². The zero-order chi connectivity index (χ0) is 18.9. The normalized spacial score (nSPS) is 14.9. The molecule has 0 aliphatic carbocycles. The number of carbonyl (C=O) groups excluding carboxylic acids is 1. The number of fused-ring (bicyclic) bond motifs is 1. The van der Waals surface area contributed by atoms with Gasteiger partial charge in [0.15, 0.2) is 21.3 Å². The van der Waals surface area contributed by atoms with E-state index in [1.807, 2.05) is 0 Å². The lowest BCUT2D eigenvalue weighted by Crippen LogP contribution is -2.38. The molecule has 2 aromatic rings. The van der Waals surface area contributed by atoms with Crippen molar-refractivity contribution in [1.29, 1.82) is 0 Å². The van der Waals surface area contributed by atoms with E-state index in [4.69, 9.17) is 13.9 Å². The average Bonchev–Trinajstić information content (AvgIpc) is 3.24. The molecule has 3 rings (SSSR count). The fourth-order valence-corrected chi connectivity index (χ4v) is 4.11. The Hall–Kier alpha value is -2.48. The molecule has 0 saturated carbocycles. The van der Waals surface area contributed by atoms with Crippen LogP contribution in [0.4, 0.5) is 0 Å². The number of nitrogens with one attached hydrogen (secondary N) is 1. The Labute approximate surface area is 152 Å². The highest BCUT2D eigenvalue weighted by Gasteiger charge is 2.34. The molecule has 1 aromatic carbocycles. The van der Waals surface area contributed by atoms with Crippen molar-refractivity contribution in [2.45, 2.75) is 30.9 Å². The van der Waals surface area contributed by atoms with E-state index in [0.29, 0.717) is 11.5 Å². The lowest BCUT2D eigenvalue weighted by atomic mass is 9.96. The number of amides is 1. The summed E-state index contributed by atoms with van der Waals surface area (Å²) in [5.41, 5.74) is -0.629. The van der Waals surface area contributed by atoms with E-state index in [1.54, 1.807) is 39.0 Å². The Kier molecular flexibility index (Phi) is 4.70. The van der Waals surface area contributed by atoms with Crippen molar-refractivity contribution in [2.24, 2.45) is 5.41 Å². The summed E-state index contributed by atoms with van der Waals surface area (Å²) in [5.74, 6) is 0.898. The first-order valence-corrected chi connectivity index (χ1v) is 9.69. The monoisotopic (exact) mass is 379 g/mol. The number of furan rings is 1. The Balaban J connectivity index is 1.92. The molecule has 1 amide bonds. The first kappa shape index (κ1) is 18.3. The zero-order valence-corrected chi connectivity index (χ0v) is 15.6. The van der Waals surface area contributed by atoms with E-state index in [0.717, 1.165) is 0 Å². The molecule has 0 bridgehead atoms. The van der Waals surface area contributed by atoms with Gasteiger partial charge in [-0.1, -0.05) is 20.8 Å². The highest BCUT2D eigenvalue weighted by molar-refractivity contribution is 7.91. The summed E-state index contributed by atoms with van der Waals surface area (Å²) in [4.78, 5) is 12.3. The van der Waals surface area contributed by atoms with Gasteiger partial charge in [-0.15, -0.1) is 0 Å². The number of ether oxygens (including phenoxy) is 2. The zero-order valence-electron chi connectivity index (χ0n) is 14.8. The Morgan fingerprint density at radius 1 is 1.19 bits per heavy atom. The molecule has 7 nitrogen and oxygen atoms in total. The van der Waals surface area contributed by atoms with Crippen molar-refractivity contribution in [3.05, 3.63) is 42.4 Å². The van der Waals surface area contributed by atoms with Crippen LogP contribution in [-0.4, -0.2) is 27.7 Å². The molecule has 26 heavy (non-hydrogen) atoms. The maximum absolute atomic E-state index is 13.2. The summed E-state index contributed by atoms with van der Waals surface area (Å²) >= 11 is 0. The first-order chi connectivity index (χ1) is 12.2. The van der Waals surface area contributed by atoms with Gasteiger partial charge in [0.25, 0.3) is 0 Å². The van der Waals surface area contributed by atoms with Gasteiger partial charge < -0.3 is 19.2 Å². The fraction of sp³-hybridized carbons (Fsp3) is 0.389. The van der Waals surface area contributed by atoms with Gasteiger partial charge >= 0.3 is 0 Å². The first-order valence-electron chi connectivity index (χ1n) is 8.15. The van der Waals surface area contributed by atoms with Crippen LogP contribution in [0.3, 0.4) is 0 Å². The second-order valence-corrected chi connectivity index (χ2v) is 9.15. The molecule has 0 fully saturated rings. The number of benzene rings is 1. The van der Waals surface area contributed by atoms with E-state index < -0.39 is 20.5 Å². The van der Waals surface area contributed by atoms with E-state index in [9.17, 15) is 13.2 Å². The predicted molar refractivity (Wildman–Crippen MR) is 93.7 cm³/mol. The quantitative estimate of drug-likeness (QED) is 0.858. The van der Waals surface area contributed by atoms with E-state index in [2.05, 4.69) is 5.32 Å². The van der Waals surface area contributed by atoms with Gasteiger partial charge in [0.2, 0.25) is 12.7 Å². The van der Waals surface area contributed by atoms with E-state index in [1.165, 1.54) is 18.4 Å². The summed E-state index contributed by atoms with van der Waals surface area (Å²) in [6.45, 7) is 5.24. The SMILES string of the molecule is CC(C)(C)C(=O)NC[C@@H](c1ccco1)S(=O)(=O)c1ccc2c(c1)OCO2. The number of sulfone groups is 1. The van der Waals surface area contributed by atoms with Crippen LogP contribution >= 0.6 is 0 Å². The lowest BCUT2D eigenvalue weighted by molar-refractivity contribution is -0.128. The smallest absolute Gasteiger partial charge is 0.231 e. The van der Waals surface area contributed by atoms with Crippen LogP contribution in [0.5, 0.6) is 11.5 Å². The summed E-state index contributed by atoms with van der Waals surface area (Å²) in [7, 11) is -3.83. The molecule has 1 N–H and O–H groups in total. The van der Waals surface area contributed by atoms with Crippen LogP contribution in [0, 0.1) is 5.41 Å². The molecular formula is C18H21NO6S. The van der Waals surface area contributed by atoms with Crippen LogP contribution in [0.25, 0.3) is 0 Å². The minimum Gasteiger partial charge on any atom is -0.468 e. The average molecular weight is 379 g/mol. The second kappa shape index (κ2) is 6.68. The summed E-state index contributed by atoms with van der Waals surface area (Å²) < 4.78 is 42.2. The van der Waals surface area contributed by atoms with Gasteiger partial charge in [0, 0.05) is 18.0 Å². The standard InChI is InChI=1S/C18H21NO6S/c1-18(2,3)17(20)19-10-16(14-5-4-8-23-14)26(21,22)12-6-7-13-15(9-12)25-11-24-13/h4-9,16H,10-11H2,1-3H3,(H,19,20)/t16-/m0/s1. The molecule has 0 spiro atoms.